The predicted molar refractivity (Wildman–Crippen MR) is 71.2 cm³/mol. The molecule has 0 aliphatic carbocycles. The molecule has 1 amide bonds. The third-order valence-electron chi connectivity index (χ3n) is 3.73. The molecule has 1 aromatic rings. The highest BCUT2D eigenvalue weighted by Crippen LogP contribution is 2.18. The van der Waals surface area contributed by atoms with Crippen molar-refractivity contribution in [2.75, 3.05) is 25.9 Å². The zero-order valence-electron chi connectivity index (χ0n) is 11.1. The fourth-order valence-corrected chi connectivity index (χ4v) is 2.32. The zero-order valence-corrected chi connectivity index (χ0v) is 11.1. The lowest BCUT2D eigenvalue weighted by molar-refractivity contribution is 0.0415. The highest BCUT2D eigenvalue weighted by molar-refractivity contribution is 5.98. The van der Waals surface area contributed by atoms with Crippen LogP contribution in [-0.2, 0) is 0 Å². The van der Waals surface area contributed by atoms with E-state index in [4.69, 9.17) is 5.73 Å². The smallest absolute Gasteiger partial charge is 0.257 e. The summed E-state index contributed by atoms with van der Waals surface area (Å²) in [6.45, 7) is 5.72. The number of carbonyl (C=O) groups is 1. The Morgan fingerprint density at radius 3 is 2.56 bits per heavy atom. The van der Waals surface area contributed by atoms with Crippen molar-refractivity contribution in [3.63, 3.8) is 0 Å². The van der Waals surface area contributed by atoms with Gasteiger partial charge in [-0.3, -0.25) is 14.7 Å². The molecule has 1 aromatic heterocycles. The summed E-state index contributed by atoms with van der Waals surface area (Å²) in [7, 11) is 2.09. The molecule has 0 aromatic carbocycles. The molecule has 2 unspecified atom stereocenters. The molecule has 0 bridgehead atoms. The van der Waals surface area contributed by atoms with Gasteiger partial charge in [0.25, 0.3) is 5.91 Å². The maximum Gasteiger partial charge on any atom is 0.257 e. The summed E-state index contributed by atoms with van der Waals surface area (Å²) in [4.78, 5) is 20.5. The second-order valence-electron chi connectivity index (χ2n) is 5.04. The van der Waals surface area contributed by atoms with Crippen LogP contribution < -0.4 is 5.73 Å². The van der Waals surface area contributed by atoms with Gasteiger partial charge in [0.2, 0.25) is 0 Å². The summed E-state index contributed by atoms with van der Waals surface area (Å²) in [5.74, 6) is -0.0209. The van der Waals surface area contributed by atoms with Crippen LogP contribution >= 0.6 is 0 Å². The standard InChI is InChI=1S/C13H20N4O/c1-9-7-17(8-10(2)16(9)3)13(18)11-6-15-5-4-12(11)14/h4-6,9-10H,7-8H2,1-3H3,(H2,14,15). The van der Waals surface area contributed by atoms with Gasteiger partial charge < -0.3 is 10.6 Å². The molecule has 2 heterocycles. The van der Waals surface area contributed by atoms with Gasteiger partial charge in [0, 0.05) is 43.3 Å². The van der Waals surface area contributed by atoms with E-state index in [1.165, 1.54) is 0 Å². The van der Waals surface area contributed by atoms with E-state index >= 15 is 0 Å². The zero-order chi connectivity index (χ0) is 13.3. The number of hydrogen-bond donors (Lipinski definition) is 1. The molecule has 2 atom stereocenters. The van der Waals surface area contributed by atoms with Crippen LogP contribution in [0.3, 0.4) is 0 Å². The average Bonchev–Trinajstić information content (AvgIpc) is 2.35. The summed E-state index contributed by atoms with van der Waals surface area (Å²) in [6, 6.07) is 2.38. The Bertz CT molecular complexity index is 436. The molecule has 1 fully saturated rings. The predicted octanol–water partition coefficient (Wildman–Crippen LogP) is 0.828. The van der Waals surface area contributed by atoms with Crippen LogP contribution in [0.4, 0.5) is 5.69 Å². The Morgan fingerprint density at radius 1 is 1.39 bits per heavy atom. The van der Waals surface area contributed by atoms with E-state index in [-0.39, 0.29) is 5.91 Å². The summed E-state index contributed by atoms with van der Waals surface area (Å²) in [6.07, 6.45) is 3.15. The summed E-state index contributed by atoms with van der Waals surface area (Å²) < 4.78 is 0. The topological polar surface area (TPSA) is 62.5 Å². The fourth-order valence-electron chi connectivity index (χ4n) is 2.32. The number of aromatic nitrogens is 1. The summed E-state index contributed by atoms with van der Waals surface area (Å²) in [5.41, 5.74) is 6.82. The van der Waals surface area contributed by atoms with Gasteiger partial charge in [0.1, 0.15) is 0 Å². The number of piperazine rings is 1. The number of rotatable bonds is 1. The number of anilines is 1. The molecule has 0 saturated carbocycles. The van der Waals surface area contributed by atoms with Gasteiger partial charge in [-0.2, -0.15) is 0 Å². The molecule has 1 aliphatic rings. The first-order valence-corrected chi connectivity index (χ1v) is 6.21. The first kappa shape index (κ1) is 12.8. The summed E-state index contributed by atoms with van der Waals surface area (Å²) >= 11 is 0. The first-order valence-electron chi connectivity index (χ1n) is 6.21. The largest absolute Gasteiger partial charge is 0.398 e. The normalized spacial score (nSPS) is 25.2. The molecule has 0 radical (unpaired) electrons. The van der Waals surface area contributed by atoms with Crippen LogP contribution in [0.1, 0.15) is 24.2 Å². The highest BCUT2D eigenvalue weighted by Gasteiger charge is 2.30. The van der Waals surface area contributed by atoms with Crippen LogP contribution in [0.2, 0.25) is 0 Å². The van der Waals surface area contributed by atoms with E-state index < -0.39 is 0 Å². The average molecular weight is 248 g/mol. The minimum absolute atomic E-state index is 0.0209. The third-order valence-corrected chi connectivity index (χ3v) is 3.73. The number of pyridine rings is 1. The van der Waals surface area contributed by atoms with Crippen LogP contribution in [0, 0.1) is 0 Å². The second kappa shape index (κ2) is 4.94. The number of nitrogen functional groups attached to an aromatic ring is 1. The van der Waals surface area contributed by atoms with Gasteiger partial charge in [-0.15, -0.1) is 0 Å². The molecule has 0 spiro atoms. The van der Waals surface area contributed by atoms with Gasteiger partial charge in [0.15, 0.2) is 0 Å². The molecule has 98 valence electrons. The van der Waals surface area contributed by atoms with E-state index in [0.717, 1.165) is 13.1 Å². The van der Waals surface area contributed by atoms with Crippen molar-refractivity contribution >= 4 is 11.6 Å². The maximum atomic E-state index is 12.4. The van der Waals surface area contributed by atoms with Gasteiger partial charge in [0.05, 0.1) is 5.56 Å². The van der Waals surface area contributed by atoms with E-state index in [9.17, 15) is 4.79 Å². The van der Waals surface area contributed by atoms with Crippen LogP contribution in [0.25, 0.3) is 0 Å². The molecule has 2 rings (SSSR count). The molecule has 18 heavy (non-hydrogen) atoms. The van der Waals surface area contributed by atoms with E-state index in [1.54, 1.807) is 18.5 Å². The molecule has 5 nitrogen and oxygen atoms in total. The Morgan fingerprint density at radius 2 is 2.00 bits per heavy atom. The second-order valence-corrected chi connectivity index (χ2v) is 5.04. The molecule has 1 saturated heterocycles. The maximum absolute atomic E-state index is 12.4. The van der Waals surface area contributed by atoms with Gasteiger partial charge in [-0.05, 0) is 27.0 Å². The first-order chi connectivity index (χ1) is 8.50. The highest BCUT2D eigenvalue weighted by atomic mass is 16.2. The Hall–Kier alpha value is -1.62. The Balaban J connectivity index is 2.18. The van der Waals surface area contributed by atoms with Gasteiger partial charge in [-0.1, -0.05) is 0 Å². The van der Waals surface area contributed by atoms with Crippen molar-refractivity contribution in [3.8, 4) is 0 Å². The van der Waals surface area contributed by atoms with E-state index in [2.05, 4.69) is 30.8 Å². The quantitative estimate of drug-likeness (QED) is 0.799. The van der Waals surface area contributed by atoms with E-state index in [1.807, 2.05) is 4.90 Å². The fraction of sp³-hybridized carbons (Fsp3) is 0.538. The molecule has 5 heteroatoms. The van der Waals surface area contributed by atoms with Crippen molar-refractivity contribution in [2.24, 2.45) is 0 Å². The van der Waals surface area contributed by atoms with Crippen LogP contribution in [0.15, 0.2) is 18.5 Å². The molecular weight excluding hydrogens is 228 g/mol. The number of nitrogens with two attached hydrogens (primary N) is 1. The van der Waals surface area contributed by atoms with Crippen LogP contribution in [0.5, 0.6) is 0 Å². The van der Waals surface area contributed by atoms with Gasteiger partial charge in [-0.25, -0.2) is 0 Å². The van der Waals surface area contributed by atoms with Crippen molar-refractivity contribution in [1.29, 1.82) is 0 Å². The lowest BCUT2D eigenvalue weighted by Crippen LogP contribution is -2.56. The number of nitrogens with zero attached hydrogens (tertiary/aromatic N) is 3. The molecule has 2 N–H and O–H groups in total. The SMILES string of the molecule is CC1CN(C(=O)c2cnccc2N)CC(C)N1C. The minimum Gasteiger partial charge on any atom is -0.398 e. The van der Waals surface area contributed by atoms with E-state index in [0.29, 0.717) is 23.3 Å². The number of likely N-dealkylation sites (N-methyl/N-ethyl adjacent to an activating group) is 1. The number of carbonyl (C=O) groups excluding carboxylic acids is 1. The van der Waals surface area contributed by atoms with Gasteiger partial charge >= 0.3 is 0 Å². The number of hydrogen-bond acceptors (Lipinski definition) is 4. The molecule has 1 aliphatic heterocycles. The van der Waals surface area contributed by atoms with Crippen molar-refractivity contribution < 1.29 is 4.79 Å². The van der Waals surface area contributed by atoms with Crippen LogP contribution in [-0.4, -0.2) is 52.9 Å². The van der Waals surface area contributed by atoms with Crippen molar-refractivity contribution in [3.05, 3.63) is 24.0 Å². The molecular formula is C13H20N4O. The Kier molecular flexibility index (Phi) is 3.52. The third kappa shape index (κ3) is 2.31. The lowest BCUT2D eigenvalue weighted by atomic mass is 10.1. The lowest BCUT2D eigenvalue weighted by Gasteiger charge is -2.42. The number of amides is 1. The van der Waals surface area contributed by atoms with Crippen molar-refractivity contribution in [2.45, 2.75) is 25.9 Å². The summed E-state index contributed by atoms with van der Waals surface area (Å²) in [5, 5.41) is 0. The van der Waals surface area contributed by atoms with Crippen molar-refractivity contribution in [1.82, 2.24) is 14.8 Å². The monoisotopic (exact) mass is 248 g/mol. The minimum atomic E-state index is -0.0209. The Labute approximate surface area is 108 Å².